The number of aliphatic hydroxyl groups excluding tert-OH is 1. The van der Waals surface area contributed by atoms with Gasteiger partial charge in [-0.15, -0.1) is 0 Å². The van der Waals surface area contributed by atoms with Crippen molar-refractivity contribution >= 4 is 0 Å². The van der Waals surface area contributed by atoms with Gasteiger partial charge >= 0.3 is 0 Å². The van der Waals surface area contributed by atoms with Gasteiger partial charge in [-0.25, -0.2) is 8.78 Å². The first-order valence-corrected chi connectivity index (χ1v) is 6.70. The van der Waals surface area contributed by atoms with E-state index in [0.29, 0.717) is 11.3 Å². The summed E-state index contributed by atoms with van der Waals surface area (Å²) in [6.07, 6.45) is -0.971. The minimum Gasteiger partial charge on any atom is -0.496 e. The van der Waals surface area contributed by atoms with Crippen LogP contribution in [-0.4, -0.2) is 12.2 Å². The predicted octanol–water partition coefficient (Wildman–Crippen LogP) is 3.87. The first-order valence-electron chi connectivity index (χ1n) is 6.70. The zero-order valence-electron chi connectivity index (χ0n) is 12.3. The summed E-state index contributed by atoms with van der Waals surface area (Å²) >= 11 is 0. The normalized spacial score (nSPS) is 12.3. The minimum atomic E-state index is -0.961. The Labute approximate surface area is 123 Å². The maximum absolute atomic E-state index is 13.7. The van der Waals surface area contributed by atoms with Gasteiger partial charge in [0.2, 0.25) is 0 Å². The lowest BCUT2D eigenvalue weighted by molar-refractivity contribution is 0.171. The van der Waals surface area contributed by atoms with Crippen molar-refractivity contribution in [3.63, 3.8) is 0 Å². The standard InChI is InChI=1S/C17H18F2O2/c1-10-7-11(2)16(15(8-10)21-3)14(20)9-12-5-4-6-13(18)17(12)19/h4-8,14,20H,9H2,1-3H3. The molecule has 2 nitrogen and oxygen atoms in total. The fourth-order valence-corrected chi connectivity index (χ4v) is 2.55. The van der Waals surface area contributed by atoms with Gasteiger partial charge in [-0.3, -0.25) is 0 Å². The molecule has 2 rings (SSSR count). The summed E-state index contributed by atoms with van der Waals surface area (Å²) in [5.41, 5.74) is 2.62. The molecule has 1 atom stereocenters. The number of benzene rings is 2. The van der Waals surface area contributed by atoms with Crippen LogP contribution in [0.15, 0.2) is 30.3 Å². The van der Waals surface area contributed by atoms with E-state index in [1.807, 2.05) is 26.0 Å². The van der Waals surface area contributed by atoms with Crippen LogP contribution in [0.2, 0.25) is 0 Å². The molecular formula is C17H18F2O2. The summed E-state index contributed by atoms with van der Waals surface area (Å²) in [6.45, 7) is 3.79. The summed E-state index contributed by atoms with van der Waals surface area (Å²) in [7, 11) is 1.52. The first kappa shape index (κ1) is 15.4. The molecule has 2 aromatic carbocycles. The van der Waals surface area contributed by atoms with Crippen LogP contribution in [0, 0.1) is 25.5 Å². The van der Waals surface area contributed by atoms with Gasteiger partial charge in [0, 0.05) is 12.0 Å². The molecule has 0 aliphatic rings. The molecule has 0 heterocycles. The van der Waals surface area contributed by atoms with Gasteiger partial charge < -0.3 is 9.84 Å². The molecule has 112 valence electrons. The van der Waals surface area contributed by atoms with E-state index in [0.717, 1.165) is 17.2 Å². The third kappa shape index (κ3) is 3.22. The molecule has 0 saturated heterocycles. The van der Waals surface area contributed by atoms with Crippen LogP contribution in [0.25, 0.3) is 0 Å². The molecule has 0 aromatic heterocycles. The maximum atomic E-state index is 13.7. The van der Waals surface area contributed by atoms with Crippen LogP contribution < -0.4 is 4.74 Å². The second-order valence-electron chi connectivity index (χ2n) is 5.13. The monoisotopic (exact) mass is 292 g/mol. The molecule has 0 radical (unpaired) electrons. The second-order valence-corrected chi connectivity index (χ2v) is 5.13. The smallest absolute Gasteiger partial charge is 0.162 e. The summed E-state index contributed by atoms with van der Waals surface area (Å²) < 4.78 is 32.2. The van der Waals surface area contributed by atoms with Gasteiger partial charge in [0.15, 0.2) is 11.6 Å². The van der Waals surface area contributed by atoms with Gasteiger partial charge in [0.1, 0.15) is 5.75 Å². The second kappa shape index (κ2) is 6.22. The highest BCUT2D eigenvalue weighted by Crippen LogP contribution is 2.32. The van der Waals surface area contributed by atoms with Crippen molar-refractivity contribution in [2.75, 3.05) is 7.11 Å². The van der Waals surface area contributed by atoms with E-state index in [1.165, 1.54) is 19.2 Å². The topological polar surface area (TPSA) is 29.5 Å². The quantitative estimate of drug-likeness (QED) is 0.927. The van der Waals surface area contributed by atoms with Crippen molar-refractivity contribution in [1.29, 1.82) is 0 Å². The Hall–Kier alpha value is -1.94. The Bertz CT molecular complexity index is 653. The molecule has 0 aliphatic heterocycles. The van der Waals surface area contributed by atoms with Gasteiger partial charge in [-0.05, 0) is 42.7 Å². The summed E-state index contributed by atoms with van der Waals surface area (Å²) in [5.74, 6) is -1.27. The van der Waals surface area contributed by atoms with Gasteiger partial charge in [0.25, 0.3) is 0 Å². The van der Waals surface area contributed by atoms with Crippen molar-refractivity contribution in [2.45, 2.75) is 26.4 Å². The molecule has 0 fully saturated rings. The molecule has 0 aliphatic carbocycles. The molecule has 4 heteroatoms. The van der Waals surface area contributed by atoms with Crippen molar-refractivity contribution < 1.29 is 18.6 Å². The molecule has 0 bridgehead atoms. The lowest BCUT2D eigenvalue weighted by Crippen LogP contribution is -2.08. The van der Waals surface area contributed by atoms with Crippen LogP contribution in [0.4, 0.5) is 8.78 Å². The third-order valence-electron chi connectivity index (χ3n) is 3.49. The fourth-order valence-electron chi connectivity index (χ4n) is 2.55. The lowest BCUT2D eigenvalue weighted by atomic mass is 9.95. The first-order chi connectivity index (χ1) is 9.93. The largest absolute Gasteiger partial charge is 0.496 e. The number of halogens is 2. The number of methoxy groups -OCH3 is 1. The number of rotatable bonds is 4. The van der Waals surface area contributed by atoms with E-state index >= 15 is 0 Å². The lowest BCUT2D eigenvalue weighted by Gasteiger charge is -2.18. The van der Waals surface area contributed by atoms with E-state index in [4.69, 9.17) is 4.74 Å². The highest BCUT2D eigenvalue weighted by atomic mass is 19.2. The van der Waals surface area contributed by atoms with E-state index < -0.39 is 17.7 Å². The SMILES string of the molecule is COc1cc(C)cc(C)c1C(O)Cc1cccc(F)c1F. The van der Waals surface area contributed by atoms with E-state index in [2.05, 4.69) is 0 Å². The summed E-state index contributed by atoms with van der Waals surface area (Å²) in [4.78, 5) is 0. The number of hydrogen-bond donors (Lipinski definition) is 1. The van der Waals surface area contributed by atoms with Crippen molar-refractivity contribution in [1.82, 2.24) is 0 Å². The van der Waals surface area contributed by atoms with Crippen LogP contribution in [0.5, 0.6) is 5.75 Å². The summed E-state index contributed by atoms with van der Waals surface area (Å²) in [6, 6.07) is 7.69. The van der Waals surface area contributed by atoms with Crippen LogP contribution >= 0.6 is 0 Å². The maximum Gasteiger partial charge on any atom is 0.162 e. The van der Waals surface area contributed by atoms with E-state index in [-0.39, 0.29) is 12.0 Å². The molecule has 21 heavy (non-hydrogen) atoms. The van der Waals surface area contributed by atoms with Crippen LogP contribution in [0.1, 0.15) is 28.4 Å². The Morgan fingerprint density at radius 1 is 1.19 bits per heavy atom. The minimum absolute atomic E-state index is 0.0101. The Balaban J connectivity index is 2.37. The van der Waals surface area contributed by atoms with Crippen LogP contribution in [-0.2, 0) is 6.42 Å². The van der Waals surface area contributed by atoms with Crippen molar-refractivity contribution in [3.05, 3.63) is 64.2 Å². The number of hydrogen-bond acceptors (Lipinski definition) is 2. The van der Waals surface area contributed by atoms with E-state index in [9.17, 15) is 13.9 Å². The molecule has 0 amide bonds. The van der Waals surface area contributed by atoms with Crippen LogP contribution in [0.3, 0.4) is 0 Å². The highest BCUT2D eigenvalue weighted by molar-refractivity contribution is 5.45. The molecule has 0 saturated carbocycles. The number of aliphatic hydroxyl groups is 1. The zero-order chi connectivity index (χ0) is 15.6. The molecule has 0 spiro atoms. The Kier molecular flexibility index (Phi) is 4.58. The van der Waals surface area contributed by atoms with Gasteiger partial charge in [0.05, 0.1) is 13.2 Å². The predicted molar refractivity (Wildman–Crippen MR) is 77.5 cm³/mol. The van der Waals surface area contributed by atoms with Gasteiger partial charge in [-0.2, -0.15) is 0 Å². The Morgan fingerprint density at radius 3 is 2.57 bits per heavy atom. The molecule has 2 aromatic rings. The molecule has 1 unspecified atom stereocenters. The van der Waals surface area contributed by atoms with E-state index in [1.54, 1.807) is 0 Å². The number of ether oxygens (including phenoxy) is 1. The number of aryl methyl sites for hydroxylation is 2. The third-order valence-corrected chi connectivity index (χ3v) is 3.49. The van der Waals surface area contributed by atoms with Crippen molar-refractivity contribution in [3.8, 4) is 5.75 Å². The Morgan fingerprint density at radius 2 is 1.90 bits per heavy atom. The van der Waals surface area contributed by atoms with Crippen molar-refractivity contribution in [2.24, 2.45) is 0 Å². The fraction of sp³-hybridized carbons (Fsp3) is 0.294. The molecule has 1 N–H and O–H groups in total. The summed E-state index contributed by atoms with van der Waals surface area (Å²) in [5, 5.41) is 10.4. The average Bonchev–Trinajstić information content (AvgIpc) is 2.42. The molecular weight excluding hydrogens is 274 g/mol. The van der Waals surface area contributed by atoms with Gasteiger partial charge in [-0.1, -0.05) is 18.2 Å². The average molecular weight is 292 g/mol. The zero-order valence-corrected chi connectivity index (χ0v) is 12.3. The highest BCUT2D eigenvalue weighted by Gasteiger charge is 2.19.